The lowest BCUT2D eigenvalue weighted by Crippen LogP contribution is -2.17. The smallest absolute Gasteiger partial charge is 0.282 e. The molecule has 0 fully saturated rings. The van der Waals surface area contributed by atoms with Gasteiger partial charge in [-0.05, 0) is 42.8 Å². The van der Waals surface area contributed by atoms with E-state index in [4.69, 9.17) is 11.6 Å². The molecule has 0 saturated heterocycles. The van der Waals surface area contributed by atoms with E-state index in [1.807, 2.05) is 48.5 Å². The number of thioether (sulfide) groups is 1. The van der Waals surface area contributed by atoms with Crippen LogP contribution in [0.1, 0.15) is 43.9 Å². The van der Waals surface area contributed by atoms with Crippen LogP contribution in [0, 0.1) is 0 Å². The molecule has 0 aliphatic heterocycles. The number of rotatable bonds is 10. The van der Waals surface area contributed by atoms with Crippen molar-refractivity contribution >= 4 is 51.1 Å². The minimum Gasteiger partial charge on any atom is -0.292 e. The quantitative estimate of drug-likeness (QED) is 0.154. The van der Waals surface area contributed by atoms with E-state index in [0.717, 1.165) is 40.2 Å². The van der Waals surface area contributed by atoms with Crippen molar-refractivity contribution in [3.8, 4) is 5.13 Å². The minimum atomic E-state index is -0.118. The molecular weight excluding hydrogens is 460 g/mol. The van der Waals surface area contributed by atoms with Gasteiger partial charge in [-0.1, -0.05) is 61.3 Å². The molecule has 0 saturated carbocycles. The zero-order valence-electron chi connectivity index (χ0n) is 17.9. The Morgan fingerprint density at radius 1 is 1.16 bits per heavy atom. The van der Waals surface area contributed by atoms with Crippen LogP contribution in [0.4, 0.5) is 0 Å². The van der Waals surface area contributed by atoms with Gasteiger partial charge in [-0.25, -0.2) is 4.98 Å². The number of nitrogens with zero attached hydrogens (tertiary/aromatic N) is 3. The van der Waals surface area contributed by atoms with Crippen molar-refractivity contribution in [3.63, 3.8) is 0 Å². The maximum Gasteiger partial charge on any atom is 0.282 e. The van der Waals surface area contributed by atoms with Crippen molar-refractivity contribution in [2.75, 3.05) is 6.54 Å². The first-order chi connectivity index (χ1) is 15.7. The number of unbranched alkanes of at least 4 members (excludes halogenated alkanes) is 3. The highest BCUT2D eigenvalue weighted by molar-refractivity contribution is 7.98. The van der Waals surface area contributed by atoms with E-state index in [0.29, 0.717) is 21.5 Å². The van der Waals surface area contributed by atoms with Crippen LogP contribution in [0.2, 0.25) is 5.02 Å². The molecule has 0 amide bonds. The van der Waals surface area contributed by atoms with Crippen LogP contribution in [0.3, 0.4) is 0 Å². The number of H-pyrrole nitrogens is 1. The molecule has 4 aromatic rings. The second-order valence-electron chi connectivity index (χ2n) is 7.45. The lowest BCUT2D eigenvalue weighted by Gasteiger charge is -2.01. The summed E-state index contributed by atoms with van der Waals surface area (Å²) in [5.41, 5.74) is 2.21. The Kier molecular flexibility index (Phi) is 7.84. The van der Waals surface area contributed by atoms with Crippen LogP contribution in [0.5, 0.6) is 0 Å². The number of para-hydroxylation sites is 1. The van der Waals surface area contributed by atoms with Gasteiger partial charge in [-0.2, -0.15) is 4.68 Å². The number of thiazole rings is 1. The first-order valence-corrected chi connectivity index (χ1v) is 12.9. The Hall–Kier alpha value is -2.35. The summed E-state index contributed by atoms with van der Waals surface area (Å²) in [7, 11) is 0. The van der Waals surface area contributed by atoms with Gasteiger partial charge in [-0.3, -0.25) is 14.9 Å². The Morgan fingerprint density at radius 2 is 1.97 bits per heavy atom. The number of halogens is 1. The van der Waals surface area contributed by atoms with Gasteiger partial charge in [0.1, 0.15) is 0 Å². The summed E-state index contributed by atoms with van der Waals surface area (Å²) in [4.78, 5) is 23.5. The van der Waals surface area contributed by atoms with Crippen LogP contribution in [-0.4, -0.2) is 27.5 Å². The van der Waals surface area contributed by atoms with Gasteiger partial charge >= 0.3 is 0 Å². The first kappa shape index (κ1) is 22.8. The van der Waals surface area contributed by atoms with E-state index >= 15 is 0 Å². The van der Waals surface area contributed by atoms with Crippen molar-refractivity contribution in [1.82, 2.24) is 14.8 Å². The fourth-order valence-electron chi connectivity index (χ4n) is 3.30. The van der Waals surface area contributed by atoms with Crippen molar-refractivity contribution in [3.05, 3.63) is 75.2 Å². The van der Waals surface area contributed by atoms with E-state index in [1.165, 1.54) is 24.2 Å². The number of aliphatic imine (C=N–C) groups is 1. The van der Waals surface area contributed by atoms with Gasteiger partial charge in [0.2, 0.25) is 5.13 Å². The van der Waals surface area contributed by atoms with Crippen LogP contribution < -0.4 is 5.56 Å². The number of fused-ring (bicyclic) bond motifs is 1. The molecule has 0 unspecified atom stereocenters. The molecule has 0 radical (unpaired) electrons. The molecule has 0 aliphatic rings. The Bertz CT molecular complexity index is 1220. The molecule has 0 bridgehead atoms. The topological polar surface area (TPSA) is 63.0 Å². The average Bonchev–Trinajstić information content (AvgIpc) is 3.37. The third-order valence-corrected chi connectivity index (χ3v) is 7.35. The third kappa shape index (κ3) is 5.52. The molecule has 2 aromatic heterocycles. The standard InChI is InChI=1S/C24H25ClN4OS2/c1-2-3-4-7-14-26-15-19-21(16-31-18-12-10-17(25)11-13-18)28-29(23(19)30)24-27-20-8-5-6-9-22(20)32-24/h5-6,8-13,15,28H,2-4,7,14,16H2,1H3. The van der Waals surface area contributed by atoms with E-state index in [1.54, 1.807) is 22.7 Å². The van der Waals surface area contributed by atoms with Gasteiger partial charge in [0, 0.05) is 28.4 Å². The van der Waals surface area contributed by atoms with Crippen molar-refractivity contribution in [2.45, 2.75) is 43.3 Å². The minimum absolute atomic E-state index is 0.118. The summed E-state index contributed by atoms with van der Waals surface area (Å²) in [6.45, 7) is 2.92. The lowest BCUT2D eigenvalue weighted by atomic mass is 10.2. The second-order valence-corrected chi connectivity index (χ2v) is 9.94. The van der Waals surface area contributed by atoms with Crippen molar-refractivity contribution in [1.29, 1.82) is 0 Å². The van der Waals surface area contributed by atoms with Gasteiger partial charge in [0.25, 0.3) is 5.56 Å². The largest absolute Gasteiger partial charge is 0.292 e. The number of benzene rings is 2. The molecule has 166 valence electrons. The molecule has 1 N–H and O–H groups in total. The van der Waals surface area contributed by atoms with Crippen molar-refractivity contribution < 1.29 is 0 Å². The molecule has 0 aliphatic carbocycles. The maximum atomic E-state index is 13.3. The molecule has 5 nitrogen and oxygen atoms in total. The highest BCUT2D eigenvalue weighted by Crippen LogP contribution is 2.26. The predicted octanol–water partition coefficient (Wildman–Crippen LogP) is 6.72. The third-order valence-electron chi connectivity index (χ3n) is 5.04. The summed E-state index contributed by atoms with van der Waals surface area (Å²) >= 11 is 9.14. The summed E-state index contributed by atoms with van der Waals surface area (Å²) in [5, 5.41) is 4.63. The highest BCUT2D eigenvalue weighted by Gasteiger charge is 2.17. The zero-order valence-corrected chi connectivity index (χ0v) is 20.3. The summed E-state index contributed by atoms with van der Waals surface area (Å²) < 4.78 is 2.59. The molecule has 2 heterocycles. The molecule has 0 atom stereocenters. The van der Waals surface area contributed by atoms with E-state index in [2.05, 4.69) is 22.0 Å². The Balaban J connectivity index is 1.61. The lowest BCUT2D eigenvalue weighted by molar-refractivity contribution is 0.676. The van der Waals surface area contributed by atoms with Gasteiger partial charge in [-0.15, -0.1) is 11.8 Å². The fourth-order valence-corrected chi connectivity index (χ4v) is 5.21. The zero-order chi connectivity index (χ0) is 22.3. The molecular formula is C24H25ClN4OS2. The van der Waals surface area contributed by atoms with Crippen LogP contribution in [0.15, 0.2) is 63.2 Å². The summed E-state index contributed by atoms with van der Waals surface area (Å²) in [5.74, 6) is 0.617. The normalized spacial score (nSPS) is 11.7. The highest BCUT2D eigenvalue weighted by atomic mass is 35.5. The molecule has 0 spiro atoms. The molecule has 8 heteroatoms. The number of nitrogens with one attached hydrogen (secondary N) is 1. The Morgan fingerprint density at radius 3 is 2.75 bits per heavy atom. The van der Waals surface area contributed by atoms with E-state index in [-0.39, 0.29) is 5.56 Å². The fraction of sp³-hybridized carbons (Fsp3) is 0.292. The predicted molar refractivity (Wildman–Crippen MR) is 137 cm³/mol. The number of hydrogen-bond donors (Lipinski definition) is 1. The monoisotopic (exact) mass is 484 g/mol. The average molecular weight is 485 g/mol. The van der Waals surface area contributed by atoms with Gasteiger partial charge < -0.3 is 0 Å². The van der Waals surface area contributed by atoms with Gasteiger partial charge in [0.15, 0.2) is 0 Å². The van der Waals surface area contributed by atoms with E-state index in [9.17, 15) is 4.79 Å². The van der Waals surface area contributed by atoms with E-state index < -0.39 is 0 Å². The van der Waals surface area contributed by atoms with Gasteiger partial charge in [0.05, 0.1) is 21.5 Å². The Labute approximate surface area is 200 Å². The van der Waals surface area contributed by atoms with Crippen LogP contribution in [-0.2, 0) is 5.75 Å². The van der Waals surface area contributed by atoms with Crippen molar-refractivity contribution in [2.24, 2.45) is 4.99 Å². The molecule has 2 aromatic carbocycles. The SMILES string of the molecule is CCCCCCN=Cc1c(CSc2ccc(Cl)cc2)[nH]n(-c2nc3ccccc3s2)c1=O. The van der Waals surface area contributed by atoms with Crippen LogP contribution >= 0.6 is 34.7 Å². The maximum absolute atomic E-state index is 13.3. The summed E-state index contributed by atoms with van der Waals surface area (Å²) in [6, 6.07) is 15.6. The molecule has 4 rings (SSSR count). The summed E-state index contributed by atoms with van der Waals surface area (Å²) in [6.07, 6.45) is 6.34. The number of aromatic amines is 1. The first-order valence-electron chi connectivity index (χ1n) is 10.7. The second kappa shape index (κ2) is 11.0. The van der Waals surface area contributed by atoms with Crippen LogP contribution in [0.25, 0.3) is 15.3 Å². The molecule has 32 heavy (non-hydrogen) atoms. The number of aromatic nitrogens is 3. The number of hydrogen-bond acceptors (Lipinski definition) is 5.